The third kappa shape index (κ3) is 11.1. The first-order chi connectivity index (χ1) is 34.9. The summed E-state index contributed by atoms with van der Waals surface area (Å²) in [5, 5.41) is 17.0. The Morgan fingerprint density at radius 2 is 1.46 bits per heavy atom. The lowest BCUT2D eigenvalue weighted by molar-refractivity contribution is 0.0805. The number of fused-ring (bicyclic) bond motifs is 3. The van der Waals surface area contributed by atoms with Gasteiger partial charge in [-0.2, -0.15) is 33.7 Å². The molecule has 5 heterocycles. The van der Waals surface area contributed by atoms with Crippen molar-refractivity contribution in [3.8, 4) is 11.4 Å². The van der Waals surface area contributed by atoms with Gasteiger partial charge in [-0.05, 0) is 109 Å². The van der Waals surface area contributed by atoms with E-state index in [2.05, 4.69) is 15.8 Å². The highest BCUT2D eigenvalue weighted by Gasteiger charge is 2.39. The van der Waals surface area contributed by atoms with Crippen LogP contribution >= 0.6 is 69.9 Å². The van der Waals surface area contributed by atoms with Crippen LogP contribution in [0.3, 0.4) is 0 Å². The predicted molar refractivity (Wildman–Crippen MR) is 290 cm³/mol. The van der Waals surface area contributed by atoms with E-state index in [0.717, 1.165) is 75.8 Å². The third-order valence-corrected chi connectivity index (χ3v) is 17.1. The zero-order valence-corrected chi connectivity index (χ0v) is 43.9. The Balaban J connectivity index is 0.000000166. The molecular formula is C55H51Cl4F2N7O2S2. The summed E-state index contributed by atoms with van der Waals surface area (Å²) in [6, 6.07) is 26.3. The summed E-state index contributed by atoms with van der Waals surface area (Å²) in [6.45, 7) is 3.76. The second-order valence-electron chi connectivity index (χ2n) is 18.8. The van der Waals surface area contributed by atoms with E-state index in [4.69, 9.17) is 56.6 Å². The lowest BCUT2D eigenvalue weighted by Gasteiger charge is -2.23. The molecular weight excluding hydrogens is 1030 g/mol. The first-order valence-electron chi connectivity index (χ1n) is 24.1. The molecule has 2 N–H and O–H groups in total. The van der Waals surface area contributed by atoms with E-state index < -0.39 is 6.17 Å². The normalized spacial score (nSPS) is 21.3. The second kappa shape index (κ2) is 22.3. The predicted octanol–water partition coefficient (Wildman–Crippen LogP) is 14.1. The summed E-state index contributed by atoms with van der Waals surface area (Å²) in [5.74, 6) is 3.78. The van der Waals surface area contributed by atoms with Crippen LogP contribution in [0.4, 0.5) is 8.78 Å². The third-order valence-electron chi connectivity index (χ3n) is 13.9. The minimum absolute atomic E-state index is 0.135. The van der Waals surface area contributed by atoms with Crippen LogP contribution in [0.15, 0.2) is 115 Å². The Morgan fingerprint density at radius 1 is 0.806 bits per heavy atom. The molecule has 0 radical (unpaired) electrons. The van der Waals surface area contributed by atoms with Gasteiger partial charge in [0.05, 0.1) is 38.8 Å². The maximum absolute atomic E-state index is 13.8. The Hall–Kier alpha value is -4.86. The number of aromatic nitrogens is 4. The van der Waals surface area contributed by atoms with Gasteiger partial charge in [-0.1, -0.05) is 119 Å². The number of hydrazine groups is 1. The molecule has 17 heteroatoms. The Morgan fingerprint density at radius 3 is 2.11 bits per heavy atom. The lowest BCUT2D eigenvalue weighted by atomic mass is 9.92. The molecule has 5 aliphatic rings. The maximum atomic E-state index is 13.8. The topological polar surface area (TPSA) is 97.1 Å². The van der Waals surface area contributed by atoms with E-state index in [1.807, 2.05) is 73.3 Å². The average Bonchev–Trinajstić information content (AvgIpc) is 4.16. The molecule has 72 heavy (non-hydrogen) atoms. The van der Waals surface area contributed by atoms with Gasteiger partial charge in [0.25, 0.3) is 11.8 Å². The van der Waals surface area contributed by atoms with Crippen molar-refractivity contribution in [2.45, 2.75) is 68.7 Å². The summed E-state index contributed by atoms with van der Waals surface area (Å²) in [5.41, 5.74) is 12.8. The quantitative estimate of drug-likeness (QED) is 0.141. The van der Waals surface area contributed by atoms with E-state index in [1.165, 1.54) is 31.4 Å². The molecule has 4 aromatic carbocycles. The van der Waals surface area contributed by atoms with E-state index in [1.54, 1.807) is 69.7 Å². The monoisotopic (exact) mass is 1080 g/mol. The van der Waals surface area contributed by atoms with Crippen molar-refractivity contribution >= 4 is 93.4 Å². The van der Waals surface area contributed by atoms with Gasteiger partial charge >= 0.3 is 0 Å². The standard InChI is InChI=1S/C28H22Cl2FN3OS.C27H29Cl2FN4OS/c1-17(19-5-3-2-4-6-19)32-28(35)27-23-16-36-15-20(13-18-7-10-22(31)11-8-18)26(23)33-34(27)25-12-9-21(29)14-24(25)30;28-20-6-9-24(23(29)11-20)34-26(27(35)32-33-12-17-2-1-3-18(17)13-33)22-15-36-14-19(25(22)31-34)10-16-4-7-21(30)8-5-16/h2-14,17H,15-16H2,1H3,(H,32,35);4-7,9,11,17-19,21H,1-3,8,10,12-15H2,(H,32,35)/b20-13+;/t17-;/m0./s1. The van der Waals surface area contributed by atoms with Gasteiger partial charge in [0.2, 0.25) is 0 Å². The first-order valence-corrected chi connectivity index (χ1v) is 27.9. The molecule has 5 atom stereocenters. The van der Waals surface area contributed by atoms with Gasteiger partial charge in [-0.25, -0.2) is 23.2 Å². The molecule has 4 unspecified atom stereocenters. The van der Waals surface area contributed by atoms with Crippen molar-refractivity contribution in [1.29, 1.82) is 0 Å². The minimum atomic E-state index is -0.906. The number of amides is 2. The zero-order valence-electron chi connectivity index (χ0n) is 39.3. The van der Waals surface area contributed by atoms with Crippen LogP contribution in [0, 0.1) is 17.7 Å². The number of nitrogens with zero attached hydrogens (tertiary/aromatic N) is 5. The maximum Gasteiger partial charge on any atom is 0.284 e. The molecule has 6 aromatic rings. The van der Waals surface area contributed by atoms with Gasteiger partial charge in [0.15, 0.2) is 0 Å². The molecule has 372 valence electrons. The summed E-state index contributed by atoms with van der Waals surface area (Å²) in [6.07, 6.45) is 11.5. The van der Waals surface area contributed by atoms with Crippen molar-refractivity contribution in [1.82, 2.24) is 35.3 Å². The highest BCUT2D eigenvalue weighted by atomic mass is 35.5. The van der Waals surface area contributed by atoms with Crippen LogP contribution in [0.1, 0.15) is 106 Å². The van der Waals surface area contributed by atoms with Crippen LogP contribution in [-0.4, -0.2) is 67.2 Å². The number of nitrogens with one attached hydrogen (secondary N) is 2. The van der Waals surface area contributed by atoms with Gasteiger partial charge in [0, 0.05) is 69.6 Å². The van der Waals surface area contributed by atoms with Crippen LogP contribution in [0.2, 0.25) is 20.1 Å². The van der Waals surface area contributed by atoms with Crippen molar-refractivity contribution in [3.63, 3.8) is 0 Å². The lowest BCUT2D eigenvalue weighted by Crippen LogP contribution is -2.42. The molecule has 2 aliphatic carbocycles. The molecule has 2 amide bonds. The number of allylic oxidation sites excluding steroid dienone is 4. The fraction of sp³-hybridized carbons (Fsp3) is 0.309. The van der Waals surface area contributed by atoms with E-state index >= 15 is 0 Å². The first kappa shape index (κ1) is 50.7. The highest BCUT2D eigenvalue weighted by molar-refractivity contribution is 7.99. The zero-order chi connectivity index (χ0) is 50.0. The average molecular weight is 1090 g/mol. The Labute approximate surface area is 446 Å². The molecule has 9 nitrogen and oxygen atoms in total. The number of benzene rings is 4. The number of halogens is 6. The number of hydrogen-bond acceptors (Lipinski definition) is 7. The Kier molecular flexibility index (Phi) is 15.7. The molecule has 1 saturated heterocycles. The van der Waals surface area contributed by atoms with E-state index in [-0.39, 0.29) is 29.6 Å². The number of carbonyl (C=O) groups excluding carboxylic acids is 2. The van der Waals surface area contributed by atoms with Gasteiger partial charge in [0.1, 0.15) is 23.4 Å². The fourth-order valence-corrected chi connectivity index (χ4v) is 13.5. The fourth-order valence-electron chi connectivity index (χ4n) is 10.3. The van der Waals surface area contributed by atoms with Crippen molar-refractivity contribution in [2.75, 3.05) is 24.6 Å². The second-order valence-corrected chi connectivity index (χ2v) is 22.5. The van der Waals surface area contributed by atoms with Crippen LogP contribution in [0.5, 0.6) is 0 Å². The van der Waals surface area contributed by atoms with Gasteiger partial charge in [-0.3, -0.25) is 15.0 Å². The van der Waals surface area contributed by atoms with Crippen molar-refractivity contribution < 1.29 is 18.4 Å². The number of hydrogen-bond donors (Lipinski definition) is 2. The number of carbonyl (C=O) groups is 2. The summed E-state index contributed by atoms with van der Waals surface area (Å²) < 4.78 is 30.3. The Bertz CT molecular complexity index is 3100. The minimum Gasteiger partial charge on any atom is -0.344 e. The molecule has 2 fully saturated rings. The molecule has 11 rings (SSSR count). The summed E-state index contributed by atoms with van der Waals surface area (Å²) >= 11 is 29.0. The number of alkyl halides is 1. The van der Waals surface area contributed by atoms with Gasteiger partial charge < -0.3 is 5.32 Å². The molecule has 2 aromatic heterocycles. The van der Waals surface area contributed by atoms with Gasteiger partial charge in [-0.15, -0.1) is 0 Å². The van der Waals surface area contributed by atoms with Crippen LogP contribution < -0.4 is 10.7 Å². The number of thioether (sulfide) groups is 2. The largest absolute Gasteiger partial charge is 0.344 e. The smallest absolute Gasteiger partial charge is 0.284 e. The highest BCUT2D eigenvalue weighted by Crippen LogP contribution is 2.42. The molecule has 0 spiro atoms. The van der Waals surface area contributed by atoms with Crippen LogP contribution in [-0.2, 0) is 11.5 Å². The number of rotatable bonds is 10. The summed E-state index contributed by atoms with van der Waals surface area (Å²) in [4.78, 5) is 27.5. The molecule has 1 saturated carbocycles. The molecule has 3 aliphatic heterocycles. The molecule has 0 bridgehead atoms. The van der Waals surface area contributed by atoms with Crippen molar-refractivity contribution in [2.24, 2.45) is 11.8 Å². The van der Waals surface area contributed by atoms with Crippen LogP contribution in [0.25, 0.3) is 23.0 Å². The summed E-state index contributed by atoms with van der Waals surface area (Å²) in [7, 11) is 0. The SMILES string of the molecule is C[C@H](NC(=O)c1c2c(nn1-c1ccc(Cl)cc1Cl)/C(=C/c1ccc(F)cc1)CSC2)c1ccccc1.O=C(NN1CC2CCCC2C1)c1c2c(nn1-c1ccc(Cl)cc1Cl)C(CC1=CCC(F)C=C1)CSC2. The van der Waals surface area contributed by atoms with E-state index in [0.29, 0.717) is 72.6 Å². The van der Waals surface area contributed by atoms with Crippen molar-refractivity contribution in [3.05, 3.63) is 186 Å². The van der Waals surface area contributed by atoms with E-state index in [9.17, 15) is 18.4 Å².